The predicted molar refractivity (Wildman–Crippen MR) is 134 cm³/mol. The summed E-state index contributed by atoms with van der Waals surface area (Å²) in [6.07, 6.45) is 5.61. The highest BCUT2D eigenvalue weighted by molar-refractivity contribution is 6.23. The van der Waals surface area contributed by atoms with Gasteiger partial charge in [-0.05, 0) is 43.5 Å². The Bertz CT molecular complexity index is 1890. The fourth-order valence-electron chi connectivity index (χ4n) is 4.75. The Hall–Kier alpha value is -4.65. The third-order valence-corrected chi connectivity index (χ3v) is 6.36. The summed E-state index contributed by atoms with van der Waals surface area (Å²) in [4.78, 5) is 21.9. The van der Waals surface area contributed by atoms with Crippen molar-refractivity contribution >= 4 is 43.5 Å². The molecule has 0 aliphatic carbocycles. The van der Waals surface area contributed by atoms with Crippen molar-refractivity contribution in [3.63, 3.8) is 0 Å². The molecule has 0 fully saturated rings. The smallest absolute Gasteiger partial charge is 0.126 e. The normalized spacial score (nSPS) is 11.8. The van der Waals surface area contributed by atoms with Gasteiger partial charge in [0.2, 0.25) is 0 Å². The fraction of sp³-hybridized carbons (Fsp3) is 0.0741. The molecule has 0 amide bonds. The molecule has 3 aromatic carbocycles. The van der Waals surface area contributed by atoms with Gasteiger partial charge in [-0.3, -0.25) is 5.10 Å². The minimum Gasteiger partial charge on any atom is -0.342 e. The lowest BCUT2D eigenvalue weighted by Gasteiger charge is -2.09. The number of pyridine rings is 1. The summed E-state index contributed by atoms with van der Waals surface area (Å²) < 4.78 is 0. The van der Waals surface area contributed by atoms with E-state index in [0.717, 1.165) is 77.6 Å². The highest BCUT2D eigenvalue weighted by Gasteiger charge is 2.14. The largest absolute Gasteiger partial charge is 0.342 e. The van der Waals surface area contributed by atoms with Crippen molar-refractivity contribution in [3.8, 4) is 22.5 Å². The minimum atomic E-state index is 0.765. The van der Waals surface area contributed by atoms with Crippen LogP contribution < -0.4 is 0 Å². The number of aryl methyl sites for hydroxylation is 2. The average Bonchev–Trinajstić information content (AvgIpc) is 3.49. The van der Waals surface area contributed by atoms with E-state index in [0.29, 0.717) is 0 Å². The number of fused-ring (bicyclic) bond motifs is 7. The molecule has 0 radical (unpaired) electrons. The zero-order chi connectivity index (χ0) is 22.8. The number of nitrogens with one attached hydrogen (secondary N) is 2. The number of rotatable bonds is 2. The van der Waals surface area contributed by atoms with Crippen molar-refractivity contribution in [3.05, 3.63) is 78.8 Å². The quantitative estimate of drug-likeness (QED) is 0.327. The number of hydrogen-bond acceptors (Lipinski definition) is 5. The number of nitrogens with zero attached hydrogens (tertiary/aromatic N) is 5. The van der Waals surface area contributed by atoms with Crippen molar-refractivity contribution in [1.82, 2.24) is 35.1 Å². The van der Waals surface area contributed by atoms with Crippen LogP contribution in [0.1, 0.15) is 11.6 Å². The molecular weight excluding hydrogens is 422 g/mol. The zero-order valence-electron chi connectivity index (χ0n) is 18.6. The number of hydrogen-bond donors (Lipinski definition) is 2. The highest BCUT2D eigenvalue weighted by atomic mass is 15.1. The van der Waals surface area contributed by atoms with E-state index in [-0.39, 0.29) is 0 Å². The average molecular weight is 441 g/mol. The Morgan fingerprint density at radius 1 is 0.706 bits per heavy atom. The van der Waals surface area contributed by atoms with E-state index >= 15 is 0 Å². The van der Waals surface area contributed by atoms with Crippen molar-refractivity contribution in [1.29, 1.82) is 0 Å². The highest BCUT2D eigenvalue weighted by Crippen LogP contribution is 2.35. The topological polar surface area (TPSA) is 96.0 Å². The molecule has 0 unspecified atom stereocenters. The molecule has 4 heterocycles. The molecule has 2 N–H and O–H groups in total. The Kier molecular flexibility index (Phi) is 3.84. The summed E-state index contributed by atoms with van der Waals surface area (Å²) in [5.74, 6) is 1.67. The molecule has 0 aliphatic rings. The molecule has 0 atom stereocenters. The second-order valence-electron chi connectivity index (χ2n) is 8.57. The van der Waals surface area contributed by atoms with Gasteiger partial charge in [0.1, 0.15) is 17.2 Å². The van der Waals surface area contributed by atoms with Gasteiger partial charge in [0, 0.05) is 38.9 Å². The standard InChI is InChI=1S/C27H19N7/c1-14-28-13-25(31-14)17-5-8-23-16(9-17)4-7-24(34-23)18-3-6-19-20(10-18)21-11-29-30-12-22(21)27-26(19)32-15(2)33-27/h3-13,29H,1-2H3,(H,28,31). The van der Waals surface area contributed by atoms with Gasteiger partial charge in [0.15, 0.2) is 0 Å². The van der Waals surface area contributed by atoms with Gasteiger partial charge in [0.05, 0.1) is 34.8 Å². The number of aromatic nitrogens is 7. The van der Waals surface area contributed by atoms with E-state index in [1.807, 2.05) is 32.4 Å². The fourth-order valence-corrected chi connectivity index (χ4v) is 4.75. The maximum absolute atomic E-state index is 4.96. The number of benzene rings is 3. The molecule has 0 saturated heterocycles. The number of imidazole rings is 2. The first-order valence-electron chi connectivity index (χ1n) is 11.1. The van der Waals surface area contributed by atoms with Crippen LogP contribution in [0.4, 0.5) is 0 Å². The van der Waals surface area contributed by atoms with E-state index in [9.17, 15) is 0 Å². The van der Waals surface area contributed by atoms with Gasteiger partial charge in [-0.1, -0.05) is 24.3 Å². The molecule has 7 nitrogen and oxygen atoms in total. The van der Waals surface area contributed by atoms with Crippen LogP contribution in [-0.4, -0.2) is 35.1 Å². The molecule has 7 heteroatoms. The second-order valence-corrected chi connectivity index (χ2v) is 8.57. The first kappa shape index (κ1) is 18.9. The Labute approximate surface area is 193 Å². The van der Waals surface area contributed by atoms with Crippen LogP contribution in [-0.2, 0) is 0 Å². The molecule has 0 spiro atoms. The van der Waals surface area contributed by atoms with Gasteiger partial charge in [-0.25, -0.2) is 19.9 Å². The molecule has 0 saturated carbocycles. The number of aromatic amines is 2. The van der Waals surface area contributed by atoms with Crippen LogP contribution in [0.2, 0.25) is 0 Å². The molecule has 34 heavy (non-hydrogen) atoms. The van der Waals surface area contributed by atoms with Gasteiger partial charge < -0.3 is 4.98 Å². The van der Waals surface area contributed by atoms with Crippen molar-refractivity contribution in [2.24, 2.45) is 0 Å². The Balaban J connectivity index is 1.40. The summed E-state index contributed by atoms with van der Waals surface area (Å²) in [5, 5.41) is 12.5. The third kappa shape index (κ3) is 2.80. The van der Waals surface area contributed by atoms with E-state index < -0.39 is 0 Å². The molecule has 7 aromatic rings. The van der Waals surface area contributed by atoms with Crippen molar-refractivity contribution in [2.75, 3.05) is 0 Å². The van der Waals surface area contributed by atoms with Gasteiger partial charge in [0.25, 0.3) is 0 Å². The summed E-state index contributed by atoms with van der Waals surface area (Å²) in [6.45, 7) is 3.88. The lowest BCUT2D eigenvalue weighted by molar-refractivity contribution is 1.05. The summed E-state index contributed by atoms with van der Waals surface area (Å²) in [6, 6.07) is 16.9. The van der Waals surface area contributed by atoms with Crippen molar-refractivity contribution in [2.45, 2.75) is 13.8 Å². The van der Waals surface area contributed by atoms with E-state index in [1.54, 1.807) is 0 Å². The van der Waals surface area contributed by atoms with Crippen LogP contribution in [0.5, 0.6) is 0 Å². The minimum absolute atomic E-state index is 0.765. The monoisotopic (exact) mass is 441 g/mol. The first-order valence-corrected chi connectivity index (χ1v) is 11.1. The van der Waals surface area contributed by atoms with Gasteiger partial charge in [-0.2, -0.15) is 5.10 Å². The van der Waals surface area contributed by atoms with Crippen LogP contribution in [0.25, 0.3) is 66.0 Å². The molecule has 0 aliphatic heterocycles. The SMILES string of the molecule is Cc1nc2c3ccc(-c4ccc5cc(-c6cnc(C)[nH]6)ccc5n4)cc3c3c[nH]ncc3c2n1. The summed E-state index contributed by atoms with van der Waals surface area (Å²) >= 11 is 0. The lowest BCUT2D eigenvalue weighted by atomic mass is 9.98. The maximum atomic E-state index is 4.96. The van der Waals surface area contributed by atoms with Gasteiger partial charge >= 0.3 is 0 Å². The van der Waals surface area contributed by atoms with E-state index in [4.69, 9.17) is 9.97 Å². The molecule has 7 rings (SSSR count). The van der Waals surface area contributed by atoms with E-state index in [1.165, 1.54) is 0 Å². The van der Waals surface area contributed by atoms with Crippen LogP contribution >= 0.6 is 0 Å². The summed E-state index contributed by atoms with van der Waals surface area (Å²) in [7, 11) is 0. The predicted octanol–water partition coefficient (Wildman–Crippen LogP) is 5.88. The number of H-pyrrole nitrogens is 2. The molecular formula is C27H19N7. The lowest BCUT2D eigenvalue weighted by Crippen LogP contribution is -1.89. The zero-order valence-corrected chi connectivity index (χ0v) is 18.6. The van der Waals surface area contributed by atoms with Gasteiger partial charge in [-0.15, -0.1) is 0 Å². The second kappa shape index (κ2) is 6.92. The van der Waals surface area contributed by atoms with Crippen LogP contribution in [0.3, 0.4) is 0 Å². The van der Waals surface area contributed by atoms with Crippen molar-refractivity contribution < 1.29 is 0 Å². The molecule has 162 valence electrons. The van der Waals surface area contributed by atoms with Crippen LogP contribution in [0, 0.1) is 13.8 Å². The Morgan fingerprint density at radius 3 is 2.41 bits per heavy atom. The van der Waals surface area contributed by atoms with Crippen LogP contribution in [0.15, 0.2) is 67.1 Å². The van der Waals surface area contributed by atoms with E-state index in [2.05, 4.69) is 73.7 Å². The Morgan fingerprint density at radius 2 is 1.56 bits per heavy atom. The molecule has 0 bridgehead atoms. The first-order chi connectivity index (χ1) is 16.6. The molecule has 4 aromatic heterocycles. The maximum Gasteiger partial charge on any atom is 0.126 e. The third-order valence-electron chi connectivity index (χ3n) is 6.36. The summed E-state index contributed by atoms with van der Waals surface area (Å²) in [5.41, 5.74) is 6.84.